The van der Waals surface area contributed by atoms with Crippen LogP contribution in [0.3, 0.4) is 0 Å². The topological polar surface area (TPSA) is 0 Å². The fraction of sp³-hybridized carbons (Fsp3) is 0. The number of rotatable bonds is 0. The molecule has 1 aromatic rings. The predicted molar refractivity (Wildman–Crippen MR) is 34.4 cm³/mol. The molecular weight excluding hydrogens is 203 g/mol. The molecule has 9 heavy (non-hydrogen) atoms. The summed E-state index contributed by atoms with van der Waals surface area (Å²) in [5.74, 6) is 2.53. The molecule has 0 saturated carbocycles. The first-order valence-electron chi connectivity index (χ1n) is 2.45. The Balaban J connectivity index is 0.000000640. The third kappa shape index (κ3) is 2.47. The molecule has 1 heteroatoms. The van der Waals surface area contributed by atoms with Crippen molar-refractivity contribution in [3.8, 4) is 12.3 Å². The van der Waals surface area contributed by atoms with Crippen molar-refractivity contribution in [2.75, 3.05) is 0 Å². The molecule has 0 bridgehead atoms. The first kappa shape index (κ1) is 8.44. The monoisotopic (exact) mass is 208 g/mol. The zero-order chi connectivity index (χ0) is 5.82. The summed E-state index contributed by atoms with van der Waals surface area (Å²) in [6.07, 6.45) is 5.10. The third-order valence-electron chi connectivity index (χ3n) is 0.940. The standard InChI is InChI=1S/C8H6.Pd/c1-2-8-6-4-3-5-7-8;/h1,3-7H;. The van der Waals surface area contributed by atoms with Gasteiger partial charge in [-0.1, -0.05) is 24.1 Å². The van der Waals surface area contributed by atoms with Crippen LogP contribution in [0.15, 0.2) is 30.3 Å². The summed E-state index contributed by atoms with van der Waals surface area (Å²) in [5.41, 5.74) is 0.938. The zero-order valence-corrected chi connectivity index (χ0v) is 6.33. The van der Waals surface area contributed by atoms with Crippen LogP contribution in [0.4, 0.5) is 0 Å². The van der Waals surface area contributed by atoms with Gasteiger partial charge in [0.25, 0.3) is 0 Å². The molecule has 0 nitrogen and oxygen atoms in total. The van der Waals surface area contributed by atoms with Crippen LogP contribution >= 0.6 is 0 Å². The van der Waals surface area contributed by atoms with Crippen molar-refractivity contribution in [3.05, 3.63) is 35.9 Å². The van der Waals surface area contributed by atoms with Gasteiger partial charge in [-0.3, -0.25) is 0 Å². The molecule has 48 valence electrons. The van der Waals surface area contributed by atoms with Crippen LogP contribution < -0.4 is 0 Å². The van der Waals surface area contributed by atoms with Crippen LogP contribution in [0.1, 0.15) is 5.56 Å². The summed E-state index contributed by atoms with van der Waals surface area (Å²) in [6.45, 7) is 0. The molecule has 0 aromatic heterocycles. The zero-order valence-electron chi connectivity index (χ0n) is 4.78. The van der Waals surface area contributed by atoms with Crippen molar-refractivity contribution in [3.63, 3.8) is 0 Å². The Hall–Kier alpha value is -0.558. The largest absolute Gasteiger partial charge is 0.115 e. The smallest absolute Gasteiger partial charge is 0.0242 e. The van der Waals surface area contributed by atoms with Gasteiger partial charge >= 0.3 is 0 Å². The SMILES string of the molecule is C#Cc1ccccc1.[Pd]. The van der Waals surface area contributed by atoms with E-state index in [0.29, 0.717) is 0 Å². The van der Waals surface area contributed by atoms with Gasteiger partial charge < -0.3 is 0 Å². The van der Waals surface area contributed by atoms with Crippen molar-refractivity contribution < 1.29 is 20.4 Å². The van der Waals surface area contributed by atoms with Crippen LogP contribution in [0.5, 0.6) is 0 Å². The molecule has 0 aliphatic rings. The summed E-state index contributed by atoms with van der Waals surface area (Å²) in [6, 6.07) is 9.60. The Morgan fingerprint density at radius 2 is 1.67 bits per heavy atom. The van der Waals surface area contributed by atoms with E-state index in [1.54, 1.807) is 0 Å². The van der Waals surface area contributed by atoms with E-state index in [0.717, 1.165) is 5.56 Å². The van der Waals surface area contributed by atoms with E-state index in [9.17, 15) is 0 Å². The molecule has 0 unspecified atom stereocenters. The molecule has 1 aromatic carbocycles. The summed E-state index contributed by atoms with van der Waals surface area (Å²) in [4.78, 5) is 0. The molecule has 0 saturated heterocycles. The first-order chi connectivity index (χ1) is 3.93. The van der Waals surface area contributed by atoms with E-state index in [1.165, 1.54) is 0 Å². The van der Waals surface area contributed by atoms with Gasteiger partial charge in [0, 0.05) is 26.0 Å². The average Bonchev–Trinajstić information content (AvgIpc) is 1.90. The number of hydrogen-bond acceptors (Lipinski definition) is 0. The van der Waals surface area contributed by atoms with Crippen molar-refractivity contribution in [1.82, 2.24) is 0 Å². The van der Waals surface area contributed by atoms with Crippen molar-refractivity contribution in [1.29, 1.82) is 0 Å². The molecule has 0 radical (unpaired) electrons. The molecule has 0 aliphatic heterocycles. The molecule has 0 spiro atoms. The van der Waals surface area contributed by atoms with Crippen LogP contribution in [0.25, 0.3) is 0 Å². The van der Waals surface area contributed by atoms with E-state index < -0.39 is 0 Å². The van der Waals surface area contributed by atoms with Gasteiger partial charge in [0.05, 0.1) is 0 Å². The Bertz CT molecular complexity index is 196. The van der Waals surface area contributed by atoms with Crippen molar-refractivity contribution in [2.24, 2.45) is 0 Å². The van der Waals surface area contributed by atoms with E-state index in [2.05, 4.69) is 5.92 Å². The molecule has 1 rings (SSSR count). The Morgan fingerprint density at radius 1 is 1.11 bits per heavy atom. The number of benzene rings is 1. The van der Waals surface area contributed by atoms with Gasteiger partial charge in [0.15, 0.2) is 0 Å². The second kappa shape index (κ2) is 4.33. The Labute approximate surface area is 68.9 Å². The van der Waals surface area contributed by atoms with Gasteiger partial charge in [-0.05, 0) is 12.1 Å². The predicted octanol–water partition coefficient (Wildman–Crippen LogP) is 1.67. The maximum Gasteiger partial charge on any atom is 0.0242 e. The molecular formula is C8H6Pd. The molecule has 0 fully saturated rings. The molecule has 0 aliphatic carbocycles. The molecule has 0 atom stereocenters. The minimum atomic E-state index is 0. The van der Waals surface area contributed by atoms with Crippen LogP contribution in [-0.4, -0.2) is 0 Å². The van der Waals surface area contributed by atoms with Crippen LogP contribution in [0, 0.1) is 12.3 Å². The normalized spacial score (nSPS) is 7.00. The van der Waals surface area contributed by atoms with Crippen LogP contribution in [0.2, 0.25) is 0 Å². The number of terminal acetylenes is 1. The molecule has 0 heterocycles. The van der Waals surface area contributed by atoms with E-state index in [1.807, 2.05) is 30.3 Å². The van der Waals surface area contributed by atoms with Gasteiger partial charge in [-0.15, -0.1) is 6.42 Å². The first-order valence-corrected chi connectivity index (χ1v) is 2.45. The number of hydrogen-bond donors (Lipinski definition) is 0. The quantitative estimate of drug-likeness (QED) is 0.449. The van der Waals surface area contributed by atoms with Gasteiger partial charge in [0.2, 0.25) is 0 Å². The van der Waals surface area contributed by atoms with E-state index >= 15 is 0 Å². The van der Waals surface area contributed by atoms with Gasteiger partial charge in [0.1, 0.15) is 0 Å². The second-order valence-corrected chi connectivity index (χ2v) is 1.51. The van der Waals surface area contributed by atoms with E-state index in [4.69, 9.17) is 6.42 Å². The molecule has 0 N–H and O–H groups in total. The average molecular weight is 209 g/mol. The van der Waals surface area contributed by atoms with Crippen molar-refractivity contribution in [2.45, 2.75) is 0 Å². The minimum absolute atomic E-state index is 0. The van der Waals surface area contributed by atoms with E-state index in [-0.39, 0.29) is 20.4 Å². The minimum Gasteiger partial charge on any atom is -0.115 e. The summed E-state index contributed by atoms with van der Waals surface area (Å²) in [5, 5.41) is 0. The van der Waals surface area contributed by atoms with Gasteiger partial charge in [-0.2, -0.15) is 0 Å². The Morgan fingerprint density at radius 3 is 2.00 bits per heavy atom. The fourth-order valence-corrected chi connectivity index (χ4v) is 0.534. The van der Waals surface area contributed by atoms with Gasteiger partial charge in [-0.25, -0.2) is 0 Å². The third-order valence-corrected chi connectivity index (χ3v) is 0.940. The maximum absolute atomic E-state index is 5.10. The fourth-order valence-electron chi connectivity index (χ4n) is 0.534. The summed E-state index contributed by atoms with van der Waals surface area (Å²) >= 11 is 0. The summed E-state index contributed by atoms with van der Waals surface area (Å²) in [7, 11) is 0. The van der Waals surface area contributed by atoms with Crippen LogP contribution in [-0.2, 0) is 20.4 Å². The second-order valence-electron chi connectivity index (χ2n) is 1.51. The Kier molecular flexibility index (Phi) is 4.07. The summed E-state index contributed by atoms with van der Waals surface area (Å²) < 4.78 is 0. The maximum atomic E-state index is 5.10. The van der Waals surface area contributed by atoms with Crippen molar-refractivity contribution >= 4 is 0 Å². The molecule has 0 amide bonds.